The van der Waals surface area contributed by atoms with Gasteiger partial charge in [-0.2, -0.15) is 0 Å². The highest BCUT2D eigenvalue weighted by atomic mass is 16.2. The highest BCUT2D eigenvalue weighted by molar-refractivity contribution is 5.86. The first kappa shape index (κ1) is 15.8. The molecule has 0 aromatic heterocycles. The van der Waals surface area contributed by atoms with Gasteiger partial charge in [0, 0.05) is 25.3 Å². The van der Waals surface area contributed by atoms with E-state index < -0.39 is 0 Å². The van der Waals surface area contributed by atoms with Crippen molar-refractivity contribution >= 4 is 17.5 Å². The van der Waals surface area contributed by atoms with E-state index in [9.17, 15) is 9.59 Å². The lowest BCUT2D eigenvalue weighted by Crippen LogP contribution is -2.52. The molecule has 1 aromatic carbocycles. The molecule has 1 fully saturated rings. The van der Waals surface area contributed by atoms with Crippen molar-refractivity contribution in [3.8, 4) is 0 Å². The second-order valence-electron chi connectivity index (χ2n) is 6.63. The number of anilines is 1. The molecule has 0 radical (unpaired) electrons. The van der Waals surface area contributed by atoms with Crippen LogP contribution in [0.3, 0.4) is 0 Å². The maximum absolute atomic E-state index is 12.9. The SMILES string of the molecule is CC(C(=O)N1CCCC(C(N)=O)C1)N1CCCc2ccccc21. The predicted molar refractivity (Wildman–Crippen MR) is 90.1 cm³/mol. The summed E-state index contributed by atoms with van der Waals surface area (Å²) in [6.45, 7) is 4.06. The Morgan fingerprint density at radius 2 is 2.00 bits per heavy atom. The fourth-order valence-corrected chi connectivity index (χ4v) is 3.77. The molecular weight excluding hydrogens is 290 g/mol. The zero-order valence-corrected chi connectivity index (χ0v) is 13.7. The standard InChI is InChI=1S/C18H25N3O2/c1-13(18(23)20-10-4-8-15(12-20)17(19)22)21-11-5-7-14-6-2-3-9-16(14)21/h2-3,6,9,13,15H,4-5,7-8,10-12H2,1H3,(H2,19,22). The van der Waals surface area contributed by atoms with Crippen LogP contribution >= 0.6 is 0 Å². The van der Waals surface area contributed by atoms with Crippen LogP contribution in [-0.4, -0.2) is 42.4 Å². The van der Waals surface area contributed by atoms with E-state index in [1.54, 1.807) is 0 Å². The van der Waals surface area contributed by atoms with Crippen LogP contribution in [0.1, 0.15) is 31.7 Å². The molecule has 5 heteroatoms. The van der Waals surface area contributed by atoms with Crippen molar-refractivity contribution in [3.63, 3.8) is 0 Å². The molecule has 2 N–H and O–H groups in total. The van der Waals surface area contributed by atoms with Crippen LogP contribution in [0, 0.1) is 5.92 Å². The second-order valence-corrected chi connectivity index (χ2v) is 6.63. The highest BCUT2D eigenvalue weighted by Gasteiger charge is 2.32. The number of fused-ring (bicyclic) bond motifs is 1. The molecule has 0 saturated carbocycles. The number of para-hydroxylation sites is 1. The Labute approximate surface area is 137 Å². The van der Waals surface area contributed by atoms with E-state index in [1.807, 2.05) is 17.9 Å². The van der Waals surface area contributed by atoms with E-state index in [0.29, 0.717) is 6.54 Å². The predicted octanol–water partition coefficient (Wildman–Crippen LogP) is 1.55. The van der Waals surface area contributed by atoms with Crippen LogP contribution in [0.25, 0.3) is 0 Å². The summed E-state index contributed by atoms with van der Waals surface area (Å²) >= 11 is 0. The number of piperidine rings is 1. The molecule has 0 bridgehead atoms. The van der Waals surface area contributed by atoms with E-state index in [0.717, 1.165) is 38.8 Å². The van der Waals surface area contributed by atoms with Crippen LogP contribution in [0.4, 0.5) is 5.69 Å². The van der Waals surface area contributed by atoms with Gasteiger partial charge in [0.2, 0.25) is 11.8 Å². The summed E-state index contributed by atoms with van der Waals surface area (Å²) in [6, 6.07) is 8.11. The van der Waals surface area contributed by atoms with Crippen molar-refractivity contribution in [2.24, 2.45) is 11.7 Å². The lowest BCUT2D eigenvalue weighted by molar-refractivity contribution is -0.135. The quantitative estimate of drug-likeness (QED) is 0.920. The van der Waals surface area contributed by atoms with Crippen molar-refractivity contribution < 1.29 is 9.59 Å². The van der Waals surface area contributed by atoms with Crippen molar-refractivity contribution in [1.82, 2.24) is 4.90 Å². The fourth-order valence-electron chi connectivity index (χ4n) is 3.77. The molecule has 2 unspecified atom stereocenters. The molecule has 2 atom stereocenters. The van der Waals surface area contributed by atoms with Gasteiger partial charge >= 0.3 is 0 Å². The number of carbonyl (C=O) groups is 2. The van der Waals surface area contributed by atoms with Gasteiger partial charge in [0.25, 0.3) is 0 Å². The summed E-state index contributed by atoms with van der Waals surface area (Å²) in [5.74, 6) is -0.389. The number of aryl methyl sites for hydroxylation is 1. The third-order valence-electron chi connectivity index (χ3n) is 5.11. The summed E-state index contributed by atoms with van der Waals surface area (Å²) in [4.78, 5) is 28.4. The molecule has 124 valence electrons. The Balaban J connectivity index is 1.74. The normalized spacial score (nSPS) is 22.4. The largest absolute Gasteiger partial charge is 0.369 e. The Bertz CT molecular complexity index is 602. The maximum atomic E-state index is 12.9. The molecule has 3 rings (SSSR count). The lowest BCUT2D eigenvalue weighted by Gasteiger charge is -2.39. The number of amides is 2. The Morgan fingerprint density at radius 3 is 2.78 bits per heavy atom. The van der Waals surface area contributed by atoms with Crippen molar-refractivity contribution in [3.05, 3.63) is 29.8 Å². The second kappa shape index (κ2) is 6.60. The maximum Gasteiger partial charge on any atom is 0.245 e. The van der Waals surface area contributed by atoms with Gasteiger partial charge in [0.1, 0.15) is 6.04 Å². The van der Waals surface area contributed by atoms with Crippen LogP contribution in [0.15, 0.2) is 24.3 Å². The number of carbonyl (C=O) groups excluding carboxylic acids is 2. The number of hydrogen-bond donors (Lipinski definition) is 1. The smallest absolute Gasteiger partial charge is 0.245 e. The average Bonchev–Trinajstić information content (AvgIpc) is 2.60. The number of primary amides is 1. The fraction of sp³-hybridized carbons (Fsp3) is 0.556. The third-order valence-corrected chi connectivity index (χ3v) is 5.11. The summed E-state index contributed by atoms with van der Waals surface area (Å²) in [5.41, 5.74) is 7.91. The van der Waals surface area contributed by atoms with E-state index >= 15 is 0 Å². The first-order chi connectivity index (χ1) is 11.1. The Kier molecular flexibility index (Phi) is 4.55. The minimum atomic E-state index is -0.293. The first-order valence-electron chi connectivity index (χ1n) is 8.50. The zero-order valence-electron chi connectivity index (χ0n) is 13.7. The van der Waals surface area contributed by atoms with Gasteiger partial charge in [0.15, 0.2) is 0 Å². The van der Waals surface area contributed by atoms with Crippen LogP contribution in [-0.2, 0) is 16.0 Å². The molecule has 5 nitrogen and oxygen atoms in total. The van der Waals surface area contributed by atoms with E-state index in [2.05, 4.69) is 23.1 Å². The van der Waals surface area contributed by atoms with Gasteiger partial charge in [0.05, 0.1) is 5.92 Å². The van der Waals surface area contributed by atoms with Gasteiger partial charge in [-0.05, 0) is 44.2 Å². The summed E-state index contributed by atoms with van der Waals surface area (Å²) < 4.78 is 0. The molecule has 2 heterocycles. The molecule has 23 heavy (non-hydrogen) atoms. The van der Waals surface area contributed by atoms with Gasteiger partial charge < -0.3 is 15.5 Å². The minimum absolute atomic E-state index is 0.104. The number of likely N-dealkylation sites (tertiary alicyclic amines) is 1. The van der Waals surface area contributed by atoms with E-state index in [4.69, 9.17) is 5.73 Å². The topological polar surface area (TPSA) is 66.6 Å². The monoisotopic (exact) mass is 315 g/mol. The van der Waals surface area contributed by atoms with Gasteiger partial charge in [-0.25, -0.2) is 0 Å². The van der Waals surface area contributed by atoms with Crippen molar-refractivity contribution in [2.75, 3.05) is 24.5 Å². The zero-order chi connectivity index (χ0) is 16.4. The van der Waals surface area contributed by atoms with E-state index in [1.165, 1.54) is 11.3 Å². The summed E-state index contributed by atoms with van der Waals surface area (Å²) in [7, 11) is 0. The van der Waals surface area contributed by atoms with Gasteiger partial charge in [-0.3, -0.25) is 9.59 Å². The molecular formula is C18H25N3O2. The molecule has 2 aliphatic rings. The molecule has 2 amide bonds. The highest BCUT2D eigenvalue weighted by Crippen LogP contribution is 2.29. The minimum Gasteiger partial charge on any atom is -0.369 e. The number of nitrogens with zero attached hydrogens (tertiary/aromatic N) is 2. The third kappa shape index (κ3) is 3.19. The summed E-state index contributed by atoms with van der Waals surface area (Å²) in [5, 5.41) is 0. The van der Waals surface area contributed by atoms with Crippen LogP contribution < -0.4 is 10.6 Å². The van der Waals surface area contributed by atoms with Gasteiger partial charge in [-0.1, -0.05) is 18.2 Å². The number of benzene rings is 1. The van der Waals surface area contributed by atoms with Gasteiger partial charge in [-0.15, -0.1) is 0 Å². The van der Waals surface area contributed by atoms with Crippen molar-refractivity contribution in [1.29, 1.82) is 0 Å². The van der Waals surface area contributed by atoms with E-state index in [-0.39, 0.29) is 23.8 Å². The molecule has 1 aromatic rings. The molecule has 0 aliphatic carbocycles. The van der Waals surface area contributed by atoms with Crippen molar-refractivity contribution in [2.45, 2.75) is 38.6 Å². The average molecular weight is 315 g/mol. The number of nitrogens with two attached hydrogens (primary N) is 1. The molecule has 0 spiro atoms. The number of rotatable bonds is 3. The molecule has 1 saturated heterocycles. The Hall–Kier alpha value is -2.04. The number of hydrogen-bond acceptors (Lipinski definition) is 3. The summed E-state index contributed by atoms with van der Waals surface area (Å²) in [6.07, 6.45) is 3.78. The first-order valence-corrected chi connectivity index (χ1v) is 8.50. The molecule has 2 aliphatic heterocycles. The van der Waals surface area contributed by atoms with Crippen LogP contribution in [0.2, 0.25) is 0 Å². The lowest BCUT2D eigenvalue weighted by atomic mass is 9.96. The Morgan fingerprint density at radius 1 is 1.22 bits per heavy atom. The van der Waals surface area contributed by atoms with Crippen LogP contribution in [0.5, 0.6) is 0 Å².